The SMILES string of the molecule is CSc1nc(C)c(C)c(N2CCc3nc(C)n(C)c(=O)c3C2)n1. The topological polar surface area (TPSA) is 63.9 Å². The normalized spacial score (nSPS) is 14.0. The smallest absolute Gasteiger partial charge is 0.258 e. The Morgan fingerprint density at radius 2 is 1.87 bits per heavy atom. The van der Waals surface area contributed by atoms with Crippen LogP contribution in [0.5, 0.6) is 0 Å². The third-order valence-electron chi connectivity index (χ3n) is 4.49. The molecule has 7 heteroatoms. The molecule has 122 valence electrons. The van der Waals surface area contributed by atoms with Gasteiger partial charge in [-0.2, -0.15) is 0 Å². The molecule has 0 aliphatic carbocycles. The first-order valence-corrected chi connectivity index (χ1v) is 8.84. The Morgan fingerprint density at radius 1 is 1.13 bits per heavy atom. The van der Waals surface area contributed by atoms with Gasteiger partial charge in [0, 0.05) is 31.3 Å². The molecular formula is C16H21N5OS. The average Bonchev–Trinajstić information content (AvgIpc) is 2.55. The fourth-order valence-electron chi connectivity index (χ4n) is 2.86. The molecule has 0 atom stereocenters. The summed E-state index contributed by atoms with van der Waals surface area (Å²) in [4.78, 5) is 28.4. The lowest BCUT2D eigenvalue weighted by Crippen LogP contribution is -2.39. The first-order valence-electron chi connectivity index (χ1n) is 7.62. The fourth-order valence-corrected chi connectivity index (χ4v) is 3.26. The van der Waals surface area contributed by atoms with Crippen molar-refractivity contribution in [3.05, 3.63) is 38.7 Å². The molecule has 0 N–H and O–H groups in total. The summed E-state index contributed by atoms with van der Waals surface area (Å²) >= 11 is 1.54. The second-order valence-corrected chi connectivity index (χ2v) is 6.64. The quantitative estimate of drug-likeness (QED) is 0.617. The number of thioether (sulfide) groups is 1. The van der Waals surface area contributed by atoms with Crippen LogP contribution in [0.25, 0.3) is 0 Å². The summed E-state index contributed by atoms with van der Waals surface area (Å²) in [5, 5.41) is 0.767. The predicted octanol–water partition coefficient (Wildman–Crippen LogP) is 1.78. The zero-order valence-electron chi connectivity index (χ0n) is 14.2. The number of hydrogen-bond donors (Lipinski definition) is 0. The highest BCUT2D eigenvalue weighted by Crippen LogP contribution is 2.26. The second kappa shape index (κ2) is 5.96. The Bertz CT molecular complexity index is 830. The van der Waals surface area contributed by atoms with Crippen LogP contribution in [0.4, 0.5) is 5.82 Å². The van der Waals surface area contributed by atoms with Crippen molar-refractivity contribution < 1.29 is 0 Å². The molecular weight excluding hydrogens is 310 g/mol. The van der Waals surface area contributed by atoms with Crippen LogP contribution in [0.15, 0.2) is 9.95 Å². The molecule has 0 saturated heterocycles. The van der Waals surface area contributed by atoms with Gasteiger partial charge in [-0.25, -0.2) is 15.0 Å². The Labute approximate surface area is 140 Å². The van der Waals surface area contributed by atoms with Gasteiger partial charge in [0.2, 0.25) is 0 Å². The van der Waals surface area contributed by atoms with Gasteiger partial charge in [-0.15, -0.1) is 0 Å². The lowest BCUT2D eigenvalue weighted by atomic mass is 10.1. The zero-order valence-corrected chi connectivity index (χ0v) is 15.0. The minimum absolute atomic E-state index is 0.0470. The van der Waals surface area contributed by atoms with E-state index in [1.54, 1.807) is 11.6 Å². The molecule has 6 nitrogen and oxygen atoms in total. The maximum atomic E-state index is 12.5. The summed E-state index contributed by atoms with van der Waals surface area (Å²) in [5.41, 5.74) is 3.81. The van der Waals surface area contributed by atoms with Crippen molar-refractivity contribution in [1.82, 2.24) is 19.5 Å². The van der Waals surface area contributed by atoms with Crippen molar-refractivity contribution in [2.75, 3.05) is 17.7 Å². The largest absolute Gasteiger partial charge is 0.351 e. The monoisotopic (exact) mass is 331 g/mol. The molecule has 2 aromatic heterocycles. The fraction of sp³-hybridized carbons (Fsp3) is 0.500. The lowest BCUT2D eigenvalue weighted by Gasteiger charge is -2.30. The Hall–Kier alpha value is -1.89. The molecule has 0 radical (unpaired) electrons. The van der Waals surface area contributed by atoms with Crippen molar-refractivity contribution in [3.63, 3.8) is 0 Å². The summed E-state index contributed by atoms with van der Waals surface area (Å²) in [5.74, 6) is 1.69. The standard InChI is InChI=1S/C16H21N5OS/c1-9-10(2)17-16(23-5)19-14(9)21-7-6-13-12(8-21)15(22)20(4)11(3)18-13/h6-8H2,1-5H3. The summed E-state index contributed by atoms with van der Waals surface area (Å²) in [6, 6.07) is 0. The van der Waals surface area contributed by atoms with E-state index in [2.05, 4.69) is 19.9 Å². The van der Waals surface area contributed by atoms with Crippen LogP contribution in [0.3, 0.4) is 0 Å². The number of rotatable bonds is 2. The van der Waals surface area contributed by atoms with Gasteiger partial charge in [0.1, 0.15) is 11.6 Å². The summed E-state index contributed by atoms with van der Waals surface area (Å²) in [7, 11) is 1.77. The van der Waals surface area contributed by atoms with Crippen LogP contribution in [0.1, 0.15) is 28.3 Å². The van der Waals surface area contributed by atoms with Crippen LogP contribution < -0.4 is 10.5 Å². The van der Waals surface area contributed by atoms with Gasteiger partial charge < -0.3 is 4.90 Å². The molecule has 0 amide bonds. The van der Waals surface area contributed by atoms with E-state index >= 15 is 0 Å². The number of fused-ring (bicyclic) bond motifs is 1. The summed E-state index contributed by atoms with van der Waals surface area (Å²) < 4.78 is 1.62. The number of aryl methyl sites for hydroxylation is 2. The molecule has 0 fully saturated rings. The van der Waals surface area contributed by atoms with Gasteiger partial charge in [-0.3, -0.25) is 9.36 Å². The number of aromatic nitrogens is 4. The van der Waals surface area contributed by atoms with Gasteiger partial charge in [0.25, 0.3) is 5.56 Å². The van der Waals surface area contributed by atoms with E-state index in [1.165, 1.54) is 11.8 Å². The van der Waals surface area contributed by atoms with Crippen molar-refractivity contribution in [2.45, 2.75) is 38.9 Å². The molecule has 0 bridgehead atoms. The average molecular weight is 331 g/mol. The maximum absolute atomic E-state index is 12.5. The van der Waals surface area contributed by atoms with Crippen molar-refractivity contribution >= 4 is 17.6 Å². The molecule has 0 spiro atoms. The van der Waals surface area contributed by atoms with E-state index in [0.717, 1.165) is 52.3 Å². The Kier molecular flexibility index (Phi) is 4.14. The van der Waals surface area contributed by atoms with Gasteiger partial charge in [0.15, 0.2) is 5.16 Å². The van der Waals surface area contributed by atoms with Crippen LogP contribution in [0.2, 0.25) is 0 Å². The van der Waals surface area contributed by atoms with E-state index in [9.17, 15) is 4.79 Å². The van der Waals surface area contributed by atoms with Crippen LogP contribution in [-0.4, -0.2) is 32.3 Å². The lowest BCUT2D eigenvalue weighted by molar-refractivity contribution is 0.644. The van der Waals surface area contributed by atoms with E-state index in [0.29, 0.717) is 6.54 Å². The van der Waals surface area contributed by atoms with Crippen molar-refractivity contribution in [2.24, 2.45) is 7.05 Å². The second-order valence-electron chi connectivity index (χ2n) is 5.86. The van der Waals surface area contributed by atoms with Crippen LogP contribution >= 0.6 is 11.8 Å². The third-order valence-corrected chi connectivity index (χ3v) is 5.03. The highest BCUT2D eigenvalue weighted by Gasteiger charge is 2.24. The molecule has 3 heterocycles. The molecule has 0 unspecified atom stereocenters. The zero-order chi connectivity index (χ0) is 16.7. The molecule has 2 aromatic rings. The first kappa shape index (κ1) is 16.0. The number of hydrogen-bond acceptors (Lipinski definition) is 6. The predicted molar refractivity (Wildman–Crippen MR) is 92.3 cm³/mol. The van der Waals surface area contributed by atoms with Gasteiger partial charge >= 0.3 is 0 Å². The highest BCUT2D eigenvalue weighted by molar-refractivity contribution is 7.98. The molecule has 23 heavy (non-hydrogen) atoms. The summed E-state index contributed by atoms with van der Waals surface area (Å²) in [6.07, 6.45) is 2.74. The van der Waals surface area contributed by atoms with Crippen molar-refractivity contribution in [3.8, 4) is 0 Å². The van der Waals surface area contributed by atoms with E-state index in [4.69, 9.17) is 0 Å². The number of nitrogens with zero attached hydrogens (tertiary/aromatic N) is 5. The molecule has 1 aliphatic rings. The number of anilines is 1. The van der Waals surface area contributed by atoms with Crippen LogP contribution in [0, 0.1) is 20.8 Å². The highest BCUT2D eigenvalue weighted by atomic mass is 32.2. The van der Waals surface area contributed by atoms with Crippen LogP contribution in [-0.2, 0) is 20.0 Å². The molecule has 0 saturated carbocycles. The van der Waals surface area contributed by atoms with Gasteiger partial charge in [-0.05, 0) is 27.0 Å². The first-order chi connectivity index (χ1) is 10.9. The molecule has 1 aliphatic heterocycles. The summed E-state index contributed by atoms with van der Waals surface area (Å²) in [6.45, 7) is 7.28. The molecule has 0 aromatic carbocycles. The molecule has 3 rings (SSSR count). The Balaban J connectivity index is 2.05. The van der Waals surface area contributed by atoms with E-state index < -0.39 is 0 Å². The minimum atomic E-state index is 0.0470. The Morgan fingerprint density at radius 3 is 2.57 bits per heavy atom. The van der Waals surface area contributed by atoms with Gasteiger partial charge in [0.05, 0.1) is 17.8 Å². The van der Waals surface area contributed by atoms with E-state index in [-0.39, 0.29) is 5.56 Å². The van der Waals surface area contributed by atoms with Crippen molar-refractivity contribution in [1.29, 1.82) is 0 Å². The van der Waals surface area contributed by atoms with Gasteiger partial charge in [-0.1, -0.05) is 11.8 Å². The third kappa shape index (κ3) is 2.73. The minimum Gasteiger partial charge on any atom is -0.351 e. The maximum Gasteiger partial charge on any atom is 0.258 e. The van der Waals surface area contributed by atoms with E-state index in [1.807, 2.05) is 27.0 Å².